The molecule has 5 nitrogen and oxygen atoms in total. The smallest absolute Gasteiger partial charge is 0.340 e. The number of carbonyl (C=O) groups is 1. The Morgan fingerprint density at radius 3 is 1.86 bits per heavy atom. The Bertz CT molecular complexity index is 1420. The van der Waals surface area contributed by atoms with E-state index in [0.717, 1.165) is 11.1 Å². The van der Waals surface area contributed by atoms with Gasteiger partial charge in [-0.1, -0.05) is 103 Å². The Kier molecular flexibility index (Phi) is 8.67. The van der Waals surface area contributed by atoms with E-state index in [9.17, 15) is 13.2 Å². The monoisotopic (exact) mass is 512 g/mol. The zero-order chi connectivity index (χ0) is 26.1. The molecule has 0 aromatic heterocycles. The largest absolute Gasteiger partial charge is 0.430 e. The quantitative estimate of drug-likeness (QED) is 0.183. The SMILES string of the molecule is C/C(=C\c1ccccc1)C(C(OCc1ccccc1)OC(=O)c1ccccc1)S(=O)(=O)c1ccccc1. The maximum absolute atomic E-state index is 14.0. The maximum atomic E-state index is 14.0. The van der Waals surface area contributed by atoms with Crippen molar-refractivity contribution in [2.24, 2.45) is 0 Å². The highest BCUT2D eigenvalue weighted by Crippen LogP contribution is 2.29. The fraction of sp³-hybridized carbons (Fsp3) is 0.129. The van der Waals surface area contributed by atoms with Crippen molar-refractivity contribution in [2.75, 3.05) is 0 Å². The molecule has 6 heteroatoms. The number of carbonyl (C=O) groups excluding carboxylic acids is 1. The lowest BCUT2D eigenvalue weighted by Crippen LogP contribution is -2.40. The minimum Gasteiger partial charge on any atom is -0.430 e. The third kappa shape index (κ3) is 6.82. The van der Waals surface area contributed by atoms with Crippen LogP contribution >= 0.6 is 0 Å². The van der Waals surface area contributed by atoms with Crippen molar-refractivity contribution in [3.05, 3.63) is 144 Å². The summed E-state index contributed by atoms with van der Waals surface area (Å²) in [5, 5.41) is -1.29. The Morgan fingerprint density at radius 2 is 1.27 bits per heavy atom. The maximum Gasteiger partial charge on any atom is 0.340 e. The molecule has 2 atom stereocenters. The van der Waals surface area contributed by atoms with Gasteiger partial charge in [0.25, 0.3) is 0 Å². The molecule has 0 fully saturated rings. The van der Waals surface area contributed by atoms with E-state index < -0.39 is 27.3 Å². The van der Waals surface area contributed by atoms with Crippen molar-refractivity contribution < 1.29 is 22.7 Å². The lowest BCUT2D eigenvalue weighted by molar-refractivity contribution is -0.114. The van der Waals surface area contributed by atoms with Crippen molar-refractivity contribution in [1.29, 1.82) is 0 Å². The summed E-state index contributed by atoms with van der Waals surface area (Å²) in [6, 6.07) is 35.3. The van der Waals surface area contributed by atoms with Crippen LogP contribution in [-0.2, 0) is 25.9 Å². The van der Waals surface area contributed by atoms with Crippen molar-refractivity contribution >= 4 is 21.9 Å². The van der Waals surface area contributed by atoms with Crippen LogP contribution in [0.2, 0.25) is 0 Å². The Labute approximate surface area is 217 Å². The third-order valence-electron chi connectivity index (χ3n) is 5.79. The molecule has 0 aliphatic carbocycles. The summed E-state index contributed by atoms with van der Waals surface area (Å²) in [5.74, 6) is -0.667. The van der Waals surface area contributed by atoms with Crippen LogP contribution in [0.3, 0.4) is 0 Å². The number of ether oxygens (including phenoxy) is 2. The van der Waals surface area contributed by atoms with Gasteiger partial charge in [0.05, 0.1) is 17.1 Å². The Hall–Kier alpha value is -4.00. The minimum absolute atomic E-state index is 0.0625. The molecule has 0 N–H and O–H groups in total. The molecule has 4 rings (SSSR count). The molecule has 0 heterocycles. The van der Waals surface area contributed by atoms with Crippen LogP contribution in [-0.4, -0.2) is 25.9 Å². The minimum atomic E-state index is -4.02. The molecule has 0 amide bonds. The molecule has 37 heavy (non-hydrogen) atoms. The van der Waals surface area contributed by atoms with E-state index in [2.05, 4.69) is 0 Å². The highest BCUT2D eigenvalue weighted by molar-refractivity contribution is 7.92. The van der Waals surface area contributed by atoms with Gasteiger partial charge in [-0.2, -0.15) is 0 Å². The van der Waals surface area contributed by atoms with E-state index in [0.29, 0.717) is 11.1 Å². The first-order valence-corrected chi connectivity index (χ1v) is 13.4. The standard InChI is InChI=1S/C31H28O5S/c1-24(22-25-14-6-2-7-15-25)29(37(33,34)28-20-12-5-13-21-28)31(35-23-26-16-8-3-9-17-26)36-30(32)27-18-10-4-11-19-27/h2-22,29,31H,23H2,1H3/b24-22+. The average molecular weight is 513 g/mol. The highest BCUT2D eigenvalue weighted by Gasteiger charge is 2.39. The normalized spacial score (nSPS) is 13.5. The zero-order valence-corrected chi connectivity index (χ0v) is 21.3. The molecule has 188 valence electrons. The fourth-order valence-corrected chi connectivity index (χ4v) is 5.75. The topological polar surface area (TPSA) is 69.7 Å². The van der Waals surface area contributed by atoms with Gasteiger partial charge in [0.2, 0.25) is 6.29 Å². The van der Waals surface area contributed by atoms with E-state index in [1.165, 1.54) is 12.1 Å². The van der Waals surface area contributed by atoms with Crippen molar-refractivity contribution in [3.63, 3.8) is 0 Å². The molecule has 0 aliphatic rings. The van der Waals surface area contributed by atoms with E-state index in [-0.39, 0.29) is 11.5 Å². The number of esters is 1. The van der Waals surface area contributed by atoms with Crippen LogP contribution in [0.25, 0.3) is 6.08 Å². The Balaban J connectivity index is 1.78. The molecule has 4 aromatic rings. The molecule has 0 spiro atoms. The molecule has 0 saturated heterocycles. The molecule has 0 radical (unpaired) electrons. The Morgan fingerprint density at radius 1 is 0.757 bits per heavy atom. The zero-order valence-electron chi connectivity index (χ0n) is 20.4. The van der Waals surface area contributed by atoms with Gasteiger partial charge in [-0.25, -0.2) is 13.2 Å². The first-order valence-electron chi connectivity index (χ1n) is 11.9. The van der Waals surface area contributed by atoms with Crippen LogP contribution in [0.5, 0.6) is 0 Å². The number of rotatable bonds is 10. The predicted molar refractivity (Wildman–Crippen MR) is 144 cm³/mol. The van der Waals surface area contributed by atoms with Gasteiger partial charge < -0.3 is 9.47 Å². The summed E-state index contributed by atoms with van der Waals surface area (Å²) in [5.41, 5.74) is 2.43. The van der Waals surface area contributed by atoms with Gasteiger partial charge in [0, 0.05) is 0 Å². The lowest BCUT2D eigenvalue weighted by Gasteiger charge is -2.28. The summed E-state index contributed by atoms with van der Waals surface area (Å²) in [4.78, 5) is 13.2. The first kappa shape index (κ1) is 26.1. The summed E-state index contributed by atoms with van der Waals surface area (Å²) in [6.45, 7) is 1.78. The van der Waals surface area contributed by atoms with Gasteiger partial charge >= 0.3 is 5.97 Å². The van der Waals surface area contributed by atoms with Gasteiger partial charge in [0.15, 0.2) is 9.84 Å². The summed E-state index contributed by atoms with van der Waals surface area (Å²) < 4.78 is 39.9. The summed E-state index contributed by atoms with van der Waals surface area (Å²) in [7, 11) is -4.02. The number of hydrogen-bond donors (Lipinski definition) is 0. The van der Waals surface area contributed by atoms with Gasteiger partial charge in [-0.15, -0.1) is 0 Å². The van der Waals surface area contributed by atoms with E-state index in [1.807, 2.05) is 60.7 Å². The summed E-state index contributed by atoms with van der Waals surface area (Å²) >= 11 is 0. The van der Waals surface area contributed by atoms with Gasteiger partial charge in [0.1, 0.15) is 5.25 Å². The lowest BCUT2D eigenvalue weighted by atomic mass is 10.1. The number of hydrogen-bond acceptors (Lipinski definition) is 5. The highest BCUT2D eigenvalue weighted by atomic mass is 32.2. The number of sulfone groups is 1. The van der Waals surface area contributed by atoms with Crippen LogP contribution in [0.15, 0.2) is 132 Å². The van der Waals surface area contributed by atoms with Crippen LogP contribution < -0.4 is 0 Å². The molecular formula is C31H28O5S. The van der Waals surface area contributed by atoms with Crippen molar-refractivity contribution in [3.8, 4) is 0 Å². The van der Waals surface area contributed by atoms with Gasteiger partial charge in [-0.3, -0.25) is 0 Å². The van der Waals surface area contributed by atoms with Crippen LogP contribution in [0.1, 0.15) is 28.4 Å². The summed E-state index contributed by atoms with van der Waals surface area (Å²) in [6.07, 6.45) is 0.374. The predicted octanol–water partition coefficient (Wildman–Crippen LogP) is 6.33. The van der Waals surface area contributed by atoms with Crippen molar-refractivity contribution in [2.45, 2.75) is 30.0 Å². The molecule has 4 aromatic carbocycles. The molecule has 2 unspecified atom stereocenters. The van der Waals surface area contributed by atoms with Crippen LogP contribution in [0, 0.1) is 0 Å². The van der Waals surface area contributed by atoms with E-state index in [4.69, 9.17) is 9.47 Å². The second-order valence-electron chi connectivity index (χ2n) is 8.51. The second kappa shape index (κ2) is 12.3. The van der Waals surface area contributed by atoms with Gasteiger partial charge in [-0.05, 0) is 47.9 Å². The fourth-order valence-electron chi connectivity index (χ4n) is 3.94. The molecule has 0 saturated carbocycles. The second-order valence-corrected chi connectivity index (χ2v) is 10.6. The van der Waals surface area contributed by atoms with E-state index in [1.54, 1.807) is 61.5 Å². The van der Waals surface area contributed by atoms with Crippen molar-refractivity contribution in [1.82, 2.24) is 0 Å². The number of benzene rings is 4. The average Bonchev–Trinajstić information content (AvgIpc) is 2.93. The molecule has 0 aliphatic heterocycles. The van der Waals surface area contributed by atoms with Crippen LogP contribution in [0.4, 0.5) is 0 Å². The first-order chi connectivity index (χ1) is 17.9. The molecule has 0 bridgehead atoms. The molecular weight excluding hydrogens is 484 g/mol. The van der Waals surface area contributed by atoms with E-state index >= 15 is 0 Å². The third-order valence-corrected chi connectivity index (χ3v) is 7.98.